The second-order valence-corrected chi connectivity index (χ2v) is 4.73. The van der Waals surface area contributed by atoms with Crippen LogP contribution in [0.2, 0.25) is 0 Å². The van der Waals surface area contributed by atoms with Crippen LogP contribution >= 0.6 is 0 Å². The number of unbranched alkanes of at least 4 members (excludes halogenated alkanes) is 3. The summed E-state index contributed by atoms with van der Waals surface area (Å²) in [5, 5.41) is 12.1. The Morgan fingerprint density at radius 2 is 2.12 bits per heavy atom. The van der Waals surface area contributed by atoms with Gasteiger partial charge in [0.1, 0.15) is 0 Å². The van der Waals surface area contributed by atoms with Crippen molar-refractivity contribution in [3.8, 4) is 0 Å². The van der Waals surface area contributed by atoms with Crippen LogP contribution in [0, 0.1) is 0 Å². The highest BCUT2D eigenvalue weighted by atomic mass is 16.5. The molecule has 1 aliphatic rings. The van der Waals surface area contributed by atoms with Gasteiger partial charge in [0.05, 0.1) is 12.7 Å². The number of aliphatic hydroxyl groups excluding tert-OH is 1. The van der Waals surface area contributed by atoms with E-state index in [9.17, 15) is 0 Å². The molecule has 0 radical (unpaired) electrons. The standard InChI is InChI=1S/C13H28N2O2/c1-2-15-8-10-17-13(12-15)11-14-7-5-3-4-6-9-16/h13-14,16H,2-12H2,1H3. The van der Waals surface area contributed by atoms with E-state index >= 15 is 0 Å². The van der Waals surface area contributed by atoms with E-state index in [0.717, 1.165) is 52.2 Å². The van der Waals surface area contributed by atoms with Crippen molar-refractivity contribution in [3.05, 3.63) is 0 Å². The summed E-state index contributed by atoms with van der Waals surface area (Å²) in [5.41, 5.74) is 0. The van der Waals surface area contributed by atoms with Crippen LogP contribution in [0.4, 0.5) is 0 Å². The van der Waals surface area contributed by atoms with Gasteiger partial charge in [0, 0.05) is 26.2 Å². The van der Waals surface area contributed by atoms with E-state index in [1.165, 1.54) is 12.8 Å². The quantitative estimate of drug-likeness (QED) is 0.590. The molecule has 4 heteroatoms. The van der Waals surface area contributed by atoms with E-state index in [-0.39, 0.29) is 0 Å². The van der Waals surface area contributed by atoms with E-state index in [1.807, 2.05) is 0 Å². The number of nitrogens with one attached hydrogen (secondary N) is 1. The molecule has 2 N–H and O–H groups in total. The lowest BCUT2D eigenvalue weighted by molar-refractivity contribution is -0.0251. The van der Waals surface area contributed by atoms with Gasteiger partial charge in [-0.3, -0.25) is 4.90 Å². The average molecular weight is 244 g/mol. The molecule has 0 aliphatic carbocycles. The maximum atomic E-state index is 8.65. The van der Waals surface area contributed by atoms with E-state index in [2.05, 4.69) is 17.1 Å². The van der Waals surface area contributed by atoms with Crippen LogP contribution < -0.4 is 5.32 Å². The minimum Gasteiger partial charge on any atom is -0.396 e. The highest BCUT2D eigenvalue weighted by molar-refractivity contribution is 4.72. The molecule has 1 atom stereocenters. The maximum Gasteiger partial charge on any atom is 0.0826 e. The molecule has 1 rings (SSSR count). The fourth-order valence-electron chi connectivity index (χ4n) is 2.17. The molecular weight excluding hydrogens is 216 g/mol. The molecule has 0 aromatic heterocycles. The van der Waals surface area contributed by atoms with Gasteiger partial charge in [-0.05, 0) is 25.9 Å². The largest absolute Gasteiger partial charge is 0.396 e. The molecule has 1 fully saturated rings. The van der Waals surface area contributed by atoms with Gasteiger partial charge >= 0.3 is 0 Å². The lowest BCUT2D eigenvalue weighted by Gasteiger charge is -2.32. The van der Waals surface area contributed by atoms with Gasteiger partial charge in [-0.1, -0.05) is 19.8 Å². The van der Waals surface area contributed by atoms with Gasteiger partial charge in [0.2, 0.25) is 0 Å². The number of ether oxygens (including phenoxy) is 1. The molecule has 0 saturated carbocycles. The third kappa shape index (κ3) is 6.99. The van der Waals surface area contributed by atoms with Crippen LogP contribution in [-0.2, 0) is 4.74 Å². The number of nitrogens with zero attached hydrogens (tertiary/aromatic N) is 1. The molecule has 17 heavy (non-hydrogen) atoms. The molecular formula is C13H28N2O2. The Balaban J connectivity index is 1.91. The molecule has 1 heterocycles. The second-order valence-electron chi connectivity index (χ2n) is 4.73. The first-order chi connectivity index (χ1) is 8.36. The van der Waals surface area contributed by atoms with Crippen molar-refractivity contribution in [2.75, 3.05) is 45.9 Å². The summed E-state index contributed by atoms with van der Waals surface area (Å²) >= 11 is 0. The van der Waals surface area contributed by atoms with Crippen LogP contribution in [0.25, 0.3) is 0 Å². The molecule has 0 amide bonds. The van der Waals surface area contributed by atoms with Crippen molar-refractivity contribution >= 4 is 0 Å². The summed E-state index contributed by atoms with van der Waals surface area (Å²) in [4.78, 5) is 2.44. The lowest BCUT2D eigenvalue weighted by atomic mass is 10.2. The number of hydrogen-bond donors (Lipinski definition) is 2. The minimum absolute atomic E-state index is 0.330. The van der Waals surface area contributed by atoms with Gasteiger partial charge in [-0.25, -0.2) is 0 Å². The molecule has 0 spiro atoms. The molecule has 0 aromatic rings. The minimum atomic E-state index is 0.330. The second kappa shape index (κ2) is 9.83. The Morgan fingerprint density at radius 1 is 1.29 bits per heavy atom. The zero-order valence-corrected chi connectivity index (χ0v) is 11.2. The summed E-state index contributed by atoms with van der Waals surface area (Å²) in [6.07, 6.45) is 4.85. The lowest BCUT2D eigenvalue weighted by Crippen LogP contribution is -2.46. The predicted molar refractivity (Wildman–Crippen MR) is 70.3 cm³/mol. The molecule has 0 aromatic carbocycles. The SMILES string of the molecule is CCN1CCOC(CNCCCCCCO)C1. The summed E-state index contributed by atoms with van der Waals surface area (Å²) in [6, 6.07) is 0. The van der Waals surface area contributed by atoms with Crippen molar-refractivity contribution < 1.29 is 9.84 Å². The highest BCUT2D eigenvalue weighted by Crippen LogP contribution is 2.04. The molecule has 1 saturated heterocycles. The van der Waals surface area contributed by atoms with E-state index in [0.29, 0.717) is 12.7 Å². The highest BCUT2D eigenvalue weighted by Gasteiger charge is 2.18. The number of hydrogen-bond acceptors (Lipinski definition) is 4. The van der Waals surface area contributed by atoms with Gasteiger partial charge in [-0.2, -0.15) is 0 Å². The van der Waals surface area contributed by atoms with Crippen LogP contribution in [0.3, 0.4) is 0 Å². The van der Waals surface area contributed by atoms with Crippen molar-refractivity contribution in [2.45, 2.75) is 38.7 Å². The van der Waals surface area contributed by atoms with Crippen LogP contribution in [0.15, 0.2) is 0 Å². The monoisotopic (exact) mass is 244 g/mol. The predicted octanol–water partition coefficient (Wildman–Crippen LogP) is 0.849. The van der Waals surface area contributed by atoms with E-state index < -0.39 is 0 Å². The van der Waals surface area contributed by atoms with E-state index in [1.54, 1.807) is 0 Å². The third-order valence-corrected chi connectivity index (χ3v) is 3.30. The topological polar surface area (TPSA) is 44.7 Å². The maximum absolute atomic E-state index is 8.65. The summed E-state index contributed by atoms with van der Waals surface area (Å²) < 4.78 is 5.72. The normalized spacial score (nSPS) is 21.9. The van der Waals surface area contributed by atoms with Crippen molar-refractivity contribution in [1.82, 2.24) is 10.2 Å². The van der Waals surface area contributed by atoms with Gasteiger partial charge in [0.15, 0.2) is 0 Å². The zero-order valence-electron chi connectivity index (χ0n) is 11.2. The van der Waals surface area contributed by atoms with E-state index in [4.69, 9.17) is 9.84 Å². The Morgan fingerprint density at radius 3 is 2.88 bits per heavy atom. The number of morpholine rings is 1. The van der Waals surface area contributed by atoms with Crippen molar-refractivity contribution in [3.63, 3.8) is 0 Å². The number of aliphatic hydroxyl groups is 1. The smallest absolute Gasteiger partial charge is 0.0826 e. The van der Waals surface area contributed by atoms with Gasteiger partial charge in [0.25, 0.3) is 0 Å². The summed E-state index contributed by atoms with van der Waals surface area (Å²) in [6.45, 7) is 8.71. The fourth-order valence-corrected chi connectivity index (χ4v) is 2.17. The van der Waals surface area contributed by atoms with Gasteiger partial charge in [-0.15, -0.1) is 0 Å². The Bertz CT molecular complexity index is 179. The Kier molecular flexibility index (Phi) is 8.61. The number of likely N-dealkylation sites (N-methyl/N-ethyl adjacent to an activating group) is 1. The van der Waals surface area contributed by atoms with Crippen molar-refractivity contribution in [1.29, 1.82) is 0 Å². The molecule has 102 valence electrons. The van der Waals surface area contributed by atoms with Crippen LogP contribution in [0.1, 0.15) is 32.6 Å². The van der Waals surface area contributed by atoms with Crippen LogP contribution in [0.5, 0.6) is 0 Å². The van der Waals surface area contributed by atoms with Gasteiger partial charge < -0.3 is 15.2 Å². The van der Waals surface area contributed by atoms with Crippen LogP contribution in [-0.4, -0.2) is 62.0 Å². The molecule has 1 aliphatic heterocycles. The molecule has 4 nitrogen and oxygen atoms in total. The summed E-state index contributed by atoms with van der Waals surface area (Å²) in [5.74, 6) is 0. The molecule has 0 bridgehead atoms. The molecule has 1 unspecified atom stereocenters. The Labute approximate surface area is 105 Å². The fraction of sp³-hybridized carbons (Fsp3) is 1.00. The average Bonchev–Trinajstić information content (AvgIpc) is 2.38. The van der Waals surface area contributed by atoms with Crippen molar-refractivity contribution in [2.24, 2.45) is 0 Å². The first-order valence-corrected chi connectivity index (χ1v) is 7.02. The first-order valence-electron chi connectivity index (χ1n) is 7.02. The Hall–Kier alpha value is -0.160. The summed E-state index contributed by atoms with van der Waals surface area (Å²) in [7, 11) is 0. The first kappa shape index (κ1) is 14.9. The number of rotatable bonds is 9. The third-order valence-electron chi connectivity index (χ3n) is 3.30. The zero-order chi connectivity index (χ0) is 12.3.